The molecule has 0 radical (unpaired) electrons. The summed E-state index contributed by atoms with van der Waals surface area (Å²) in [4.78, 5) is 27.9. The second-order valence-corrected chi connectivity index (χ2v) is 7.83. The zero-order chi connectivity index (χ0) is 24.5. The van der Waals surface area contributed by atoms with E-state index in [1.165, 1.54) is 0 Å². The van der Waals surface area contributed by atoms with Gasteiger partial charge in [0.25, 0.3) is 5.56 Å². The molecule has 0 aliphatic carbocycles. The number of nitrogens with zero attached hydrogens (tertiary/aromatic N) is 6. The van der Waals surface area contributed by atoms with Crippen LogP contribution in [0.3, 0.4) is 0 Å². The normalized spacial score (nSPS) is 11.8. The third kappa shape index (κ3) is 3.77. The Balaban J connectivity index is 1.82. The predicted molar refractivity (Wildman–Crippen MR) is 134 cm³/mol. The highest BCUT2D eigenvalue weighted by Gasteiger charge is 2.21. The largest absolute Gasteiger partial charge is 0.493 e. The van der Waals surface area contributed by atoms with Crippen LogP contribution in [0.1, 0.15) is 11.4 Å². The van der Waals surface area contributed by atoms with E-state index in [2.05, 4.69) is 5.10 Å². The molecule has 0 fully saturated rings. The average molecular weight is 473 g/mol. The molecule has 0 aliphatic heterocycles. The van der Waals surface area contributed by atoms with E-state index in [-0.39, 0.29) is 5.56 Å². The molecule has 35 heavy (non-hydrogen) atoms. The second kappa shape index (κ2) is 9.15. The van der Waals surface area contributed by atoms with Gasteiger partial charge in [-0.05, 0) is 31.2 Å². The summed E-state index contributed by atoms with van der Waals surface area (Å²) >= 11 is 0. The Hall–Kier alpha value is -4.31. The van der Waals surface area contributed by atoms with E-state index in [1.54, 1.807) is 43.7 Å². The minimum atomic E-state index is -0.216. The van der Waals surface area contributed by atoms with Crippen LogP contribution in [-0.2, 0) is 11.3 Å². The molecule has 178 valence electrons. The van der Waals surface area contributed by atoms with E-state index in [0.717, 1.165) is 0 Å². The lowest BCUT2D eigenvalue weighted by Crippen LogP contribution is -2.25. The van der Waals surface area contributed by atoms with Crippen LogP contribution in [0.4, 0.5) is 0 Å². The van der Waals surface area contributed by atoms with Crippen LogP contribution >= 0.6 is 0 Å². The molecule has 3 aromatic heterocycles. The zero-order valence-corrected chi connectivity index (χ0v) is 19.8. The molecule has 0 amide bonds. The highest BCUT2D eigenvalue weighted by atomic mass is 16.5. The lowest BCUT2D eigenvalue weighted by molar-refractivity contribution is 0.185. The summed E-state index contributed by atoms with van der Waals surface area (Å²) in [6.07, 6.45) is 1.63. The first-order valence-corrected chi connectivity index (χ1v) is 11.0. The van der Waals surface area contributed by atoms with Crippen molar-refractivity contribution < 1.29 is 14.2 Å². The highest BCUT2D eigenvalue weighted by molar-refractivity contribution is 6.05. The molecule has 0 spiro atoms. The van der Waals surface area contributed by atoms with Gasteiger partial charge in [0, 0.05) is 12.7 Å². The Kier molecular flexibility index (Phi) is 5.87. The van der Waals surface area contributed by atoms with E-state index in [4.69, 9.17) is 29.2 Å². The topological polar surface area (TPSA) is 106 Å². The van der Waals surface area contributed by atoms with Gasteiger partial charge in [0.05, 0.1) is 44.6 Å². The van der Waals surface area contributed by atoms with Crippen LogP contribution in [0, 0.1) is 6.92 Å². The van der Waals surface area contributed by atoms with Crippen LogP contribution in [0.15, 0.2) is 52.4 Å². The van der Waals surface area contributed by atoms with Gasteiger partial charge in [-0.25, -0.2) is 15.0 Å². The Morgan fingerprint density at radius 3 is 2.43 bits per heavy atom. The lowest BCUT2D eigenvalue weighted by Gasteiger charge is -2.10. The maximum atomic E-state index is 13.6. The molecule has 0 N–H and O–H groups in total. The smallest absolute Gasteiger partial charge is 0.265 e. The molecule has 5 aromatic rings. The molecule has 3 heterocycles. The number of benzene rings is 2. The number of rotatable bonds is 7. The van der Waals surface area contributed by atoms with Crippen molar-refractivity contribution in [3.05, 3.63) is 64.2 Å². The molecular formula is C25H24N6O4. The minimum Gasteiger partial charge on any atom is -0.493 e. The van der Waals surface area contributed by atoms with Crippen molar-refractivity contribution in [3.63, 3.8) is 0 Å². The van der Waals surface area contributed by atoms with E-state index in [1.807, 2.05) is 42.5 Å². The summed E-state index contributed by atoms with van der Waals surface area (Å²) in [5, 5.41) is 5.03. The number of aryl methyl sites for hydroxylation is 1. The first kappa shape index (κ1) is 22.5. The van der Waals surface area contributed by atoms with Gasteiger partial charge in [0.15, 0.2) is 22.8 Å². The van der Waals surface area contributed by atoms with Crippen molar-refractivity contribution in [2.75, 3.05) is 27.9 Å². The number of aromatic nitrogens is 5. The molecule has 0 aliphatic rings. The Bertz CT molecular complexity index is 1650. The van der Waals surface area contributed by atoms with Crippen molar-refractivity contribution in [1.82, 2.24) is 24.2 Å². The Morgan fingerprint density at radius 1 is 0.943 bits per heavy atom. The fourth-order valence-electron chi connectivity index (χ4n) is 4.10. The fourth-order valence-corrected chi connectivity index (χ4v) is 4.10. The summed E-state index contributed by atoms with van der Waals surface area (Å²) in [6.45, 7) is 2.54. The maximum Gasteiger partial charge on any atom is 0.265 e. The third-order valence-electron chi connectivity index (χ3n) is 5.80. The van der Waals surface area contributed by atoms with Crippen molar-refractivity contribution >= 4 is 39.4 Å². The van der Waals surface area contributed by atoms with Gasteiger partial charge in [-0.1, -0.05) is 18.2 Å². The number of methoxy groups -OCH3 is 3. The van der Waals surface area contributed by atoms with Gasteiger partial charge in [-0.2, -0.15) is 9.78 Å². The first-order valence-electron chi connectivity index (χ1n) is 11.0. The summed E-state index contributed by atoms with van der Waals surface area (Å²) in [5.74, 6) is 1.67. The standard InChI is InChI=1S/C25H24N6O4/c1-15-27-23-20(25(32)30(15)12-13-33-2)21-24(29-18-10-6-5-9-17(18)28-21)31(23)26-14-16-8-7-11-19(34-3)22(16)35-4/h5-11,14H,12-13H2,1-4H3. The van der Waals surface area contributed by atoms with E-state index < -0.39 is 0 Å². The van der Waals surface area contributed by atoms with Crippen LogP contribution in [0.5, 0.6) is 11.5 Å². The fraction of sp³-hybridized carbons (Fsp3) is 0.240. The van der Waals surface area contributed by atoms with Crippen molar-refractivity contribution in [2.24, 2.45) is 5.10 Å². The molecule has 0 unspecified atom stereocenters. The molecule has 5 rings (SSSR count). The van der Waals surface area contributed by atoms with E-state index in [9.17, 15) is 4.79 Å². The van der Waals surface area contributed by atoms with Crippen LogP contribution in [-0.4, -0.2) is 58.3 Å². The van der Waals surface area contributed by atoms with Gasteiger partial charge in [0.2, 0.25) is 0 Å². The molecule has 0 atom stereocenters. The van der Waals surface area contributed by atoms with Crippen LogP contribution in [0.2, 0.25) is 0 Å². The van der Waals surface area contributed by atoms with Gasteiger partial charge in [-0.3, -0.25) is 9.36 Å². The molecule has 2 aromatic carbocycles. The summed E-state index contributed by atoms with van der Waals surface area (Å²) in [7, 11) is 4.74. The summed E-state index contributed by atoms with van der Waals surface area (Å²) in [5.41, 5.74) is 3.11. The highest BCUT2D eigenvalue weighted by Crippen LogP contribution is 2.30. The number of hydrogen-bond acceptors (Lipinski definition) is 8. The number of hydrogen-bond donors (Lipinski definition) is 0. The second-order valence-electron chi connectivity index (χ2n) is 7.83. The molecule has 10 nitrogen and oxygen atoms in total. The molecular weight excluding hydrogens is 448 g/mol. The average Bonchev–Trinajstić information content (AvgIpc) is 3.17. The number of fused-ring (bicyclic) bond motifs is 4. The van der Waals surface area contributed by atoms with Crippen molar-refractivity contribution in [1.29, 1.82) is 0 Å². The van der Waals surface area contributed by atoms with Crippen molar-refractivity contribution in [3.8, 4) is 11.5 Å². The predicted octanol–water partition coefficient (Wildman–Crippen LogP) is 3.15. The number of ether oxygens (including phenoxy) is 3. The van der Waals surface area contributed by atoms with Crippen molar-refractivity contribution in [2.45, 2.75) is 13.5 Å². The molecule has 0 saturated carbocycles. The Morgan fingerprint density at radius 2 is 1.71 bits per heavy atom. The van der Waals surface area contributed by atoms with Gasteiger partial charge >= 0.3 is 0 Å². The monoisotopic (exact) mass is 472 g/mol. The van der Waals surface area contributed by atoms with E-state index in [0.29, 0.717) is 69.3 Å². The van der Waals surface area contributed by atoms with Gasteiger partial charge < -0.3 is 14.2 Å². The molecule has 10 heteroatoms. The summed E-state index contributed by atoms with van der Waals surface area (Å²) in [6, 6.07) is 13.0. The molecule has 0 saturated heterocycles. The minimum absolute atomic E-state index is 0.216. The van der Waals surface area contributed by atoms with Gasteiger partial charge in [0.1, 0.15) is 16.7 Å². The lowest BCUT2D eigenvalue weighted by atomic mass is 10.2. The first-order chi connectivity index (χ1) is 17.1. The van der Waals surface area contributed by atoms with Crippen LogP contribution < -0.4 is 15.0 Å². The van der Waals surface area contributed by atoms with Gasteiger partial charge in [-0.15, -0.1) is 0 Å². The SMILES string of the molecule is COCCn1c(C)nc2c(c1=O)c1nc3ccccc3nc1n2N=Cc1cccc(OC)c1OC. The third-order valence-corrected chi connectivity index (χ3v) is 5.80. The quantitative estimate of drug-likeness (QED) is 0.335. The molecule has 0 bridgehead atoms. The zero-order valence-electron chi connectivity index (χ0n) is 19.8. The van der Waals surface area contributed by atoms with Crippen LogP contribution in [0.25, 0.3) is 33.2 Å². The van der Waals surface area contributed by atoms with E-state index >= 15 is 0 Å². The number of para-hydroxylation sites is 3. The maximum absolute atomic E-state index is 13.6. The Labute approximate surface area is 200 Å². The summed E-state index contributed by atoms with van der Waals surface area (Å²) < 4.78 is 19.2.